The van der Waals surface area contributed by atoms with E-state index in [9.17, 15) is 8.42 Å². The highest BCUT2D eigenvalue weighted by molar-refractivity contribution is 7.85. The molecule has 0 spiro atoms. The molecule has 0 saturated heterocycles. The average Bonchev–Trinajstić information content (AvgIpc) is 2.14. The summed E-state index contributed by atoms with van der Waals surface area (Å²) in [6.45, 7) is 0.102. The summed E-state index contributed by atoms with van der Waals surface area (Å²) >= 11 is 0. The molecule has 0 aliphatic rings. The highest BCUT2D eigenvalue weighted by atomic mass is 32.2. The second-order valence-corrected chi connectivity index (χ2v) is 4.00. The maximum absolute atomic E-state index is 10.7. The summed E-state index contributed by atoms with van der Waals surface area (Å²) < 4.78 is 30.2. The van der Waals surface area contributed by atoms with E-state index in [0.29, 0.717) is 5.69 Å². The molecule has 1 rings (SSSR count). The molecule has 5 nitrogen and oxygen atoms in total. The predicted octanol–water partition coefficient (Wildman–Crippen LogP) is 0.162. The van der Waals surface area contributed by atoms with Gasteiger partial charge in [0.1, 0.15) is 0 Å². The van der Waals surface area contributed by atoms with E-state index in [1.165, 1.54) is 18.2 Å². The van der Waals surface area contributed by atoms with Crippen LogP contribution in [0.15, 0.2) is 29.2 Å². The smallest absolute Gasteiger partial charge is 0.294 e. The first kappa shape index (κ1) is 11.0. The minimum absolute atomic E-state index is 0.101. The van der Waals surface area contributed by atoms with E-state index >= 15 is 0 Å². The standard InChI is InChI=1S/C8H10NO4S/c10-5-4-9-7-2-1-3-8(6-7)14(11,12)13/h1-3,6,10H,4-5H2,(H,11,12,13). The van der Waals surface area contributed by atoms with Crippen LogP contribution in [0.1, 0.15) is 0 Å². The highest BCUT2D eigenvalue weighted by Gasteiger charge is 2.09. The zero-order valence-electron chi connectivity index (χ0n) is 7.29. The summed E-state index contributed by atoms with van der Waals surface area (Å²) in [5.41, 5.74) is 0.411. The first-order valence-corrected chi connectivity index (χ1v) is 5.34. The van der Waals surface area contributed by atoms with Crippen LogP contribution in [-0.2, 0) is 10.1 Å². The Hall–Kier alpha value is -1.11. The lowest BCUT2D eigenvalue weighted by atomic mass is 10.3. The van der Waals surface area contributed by atoms with Gasteiger partial charge in [-0.15, -0.1) is 0 Å². The molecule has 1 aromatic carbocycles. The third kappa shape index (κ3) is 2.99. The van der Waals surface area contributed by atoms with Crippen molar-refractivity contribution in [1.29, 1.82) is 0 Å². The van der Waals surface area contributed by atoms with Crippen molar-refractivity contribution < 1.29 is 18.1 Å². The van der Waals surface area contributed by atoms with Crippen molar-refractivity contribution >= 4 is 15.8 Å². The maximum Gasteiger partial charge on any atom is 0.294 e. The van der Waals surface area contributed by atoms with E-state index in [0.717, 1.165) is 0 Å². The van der Waals surface area contributed by atoms with Gasteiger partial charge < -0.3 is 5.11 Å². The summed E-state index contributed by atoms with van der Waals surface area (Å²) in [4.78, 5) is -0.198. The SMILES string of the molecule is O=S(=O)(O)c1cccc([N]CCO)c1. The fraction of sp³-hybridized carbons (Fsp3) is 0.250. The van der Waals surface area contributed by atoms with Crippen molar-refractivity contribution in [2.24, 2.45) is 0 Å². The Kier molecular flexibility index (Phi) is 3.45. The van der Waals surface area contributed by atoms with Gasteiger partial charge in [-0.05, 0) is 18.2 Å². The molecule has 0 bridgehead atoms. The van der Waals surface area contributed by atoms with Crippen LogP contribution < -0.4 is 5.32 Å². The predicted molar refractivity (Wildman–Crippen MR) is 50.0 cm³/mol. The maximum atomic E-state index is 10.7. The van der Waals surface area contributed by atoms with Gasteiger partial charge in [0.25, 0.3) is 10.1 Å². The molecule has 0 atom stereocenters. The number of hydrogen-bond donors (Lipinski definition) is 2. The fourth-order valence-corrected chi connectivity index (χ4v) is 1.44. The van der Waals surface area contributed by atoms with Gasteiger partial charge in [0, 0.05) is 0 Å². The highest BCUT2D eigenvalue weighted by Crippen LogP contribution is 2.14. The van der Waals surface area contributed by atoms with Crippen LogP contribution in [0.25, 0.3) is 0 Å². The van der Waals surface area contributed by atoms with E-state index in [1.807, 2.05) is 0 Å². The van der Waals surface area contributed by atoms with E-state index in [-0.39, 0.29) is 18.0 Å². The third-order valence-corrected chi connectivity index (χ3v) is 2.36. The molecule has 77 valence electrons. The Balaban J connectivity index is 2.90. The van der Waals surface area contributed by atoms with Crippen LogP contribution in [0.4, 0.5) is 5.69 Å². The number of aliphatic hydroxyl groups excluding tert-OH is 1. The Morgan fingerprint density at radius 3 is 2.64 bits per heavy atom. The van der Waals surface area contributed by atoms with E-state index in [4.69, 9.17) is 9.66 Å². The first-order chi connectivity index (χ1) is 6.54. The second kappa shape index (κ2) is 4.41. The molecule has 0 saturated carbocycles. The molecule has 14 heavy (non-hydrogen) atoms. The largest absolute Gasteiger partial charge is 0.394 e. The summed E-state index contributed by atoms with van der Waals surface area (Å²) in [5, 5.41) is 12.4. The summed E-state index contributed by atoms with van der Waals surface area (Å²) in [7, 11) is -4.17. The second-order valence-electron chi connectivity index (χ2n) is 2.58. The molecule has 6 heteroatoms. The normalized spacial score (nSPS) is 11.3. The van der Waals surface area contributed by atoms with Gasteiger partial charge in [0.05, 0.1) is 23.7 Å². The van der Waals surface area contributed by atoms with Crippen molar-refractivity contribution in [3.05, 3.63) is 24.3 Å². The summed E-state index contributed by atoms with van der Waals surface area (Å²) in [6, 6.07) is 5.57. The van der Waals surface area contributed by atoms with E-state index in [1.54, 1.807) is 6.07 Å². The number of aliphatic hydroxyl groups is 1. The summed E-state index contributed by atoms with van der Waals surface area (Å²) in [6.07, 6.45) is 0. The number of nitrogens with zero attached hydrogens (tertiary/aromatic N) is 1. The molecular formula is C8H10NO4S. The van der Waals surface area contributed by atoms with E-state index in [2.05, 4.69) is 5.32 Å². The van der Waals surface area contributed by atoms with Gasteiger partial charge >= 0.3 is 0 Å². The van der Waals surface area contributed by atoms with Crippen LogP contribution in [0.5, 0.6) is 0 Å². The number of rotatable bonds is 4. The molecule has 1 aromatic rings. The Bertz CT molecular complexity index is 402. The lowest BCUT2D eigenvalue weighted by Crippen LogP contribution is -2.05. The van der Waals surface area contributed by atoms with Crippen molar-refractivity contribution in [2.45, 2.75) is 4.90 Å². The van der Waals surface area contributed by atoms with Gasteiger partial charge in [-0.2, -0.15) is 8.42 Å². The minimum atomic E-state index is -4.17. The van der Waals surface area contributed by atoms with Gasteiger partial charge in [0.15, 0.2) is 0 Å². The Morgan fingerprint density at radius 1 is 1.36 bits per heavy atom. The molecule has 0 unspecified atom stereocenters. The molecule has 0 fully saturated rings. The Labute approximate surface area is 82.1 Å². The lowest BCUT2D eigenvalue weighted by Gasteiger charge is -2.02. The lowest BCUT2D eigenvalue weighted by molar-refractivity contribution is 0.298. The van der Waals surface area contributed by atoms with Gasteiger partial charge in [-0.25, -0.2) is 0 Å². The van der Waals surface area contributed by atoms with Crippen LogP contribution >= 0.6 is 0 Å². The number of hydrogen-bond acceptors (Lipinski definition) is 3. The topological polar surface area (TPSA) is 88.7 Å². The average molecular weight is 216 g/mol. The van der Waals surface area contributed by atoms with Crippen LogP contribution in [-0.4, -0.2) is 31.2 Å². The van der Waals surface area contributed by atoms with Crippen LogP contribution in [0, 0.1) is 0 Å². The van der Waals surface area contributed by atoms with Crippen LogP contribution in [0.3, 0.4) is 0 Å². The summed E-state index contributed by atoms with van der Waals surface area (Å²) in [5.74, 6) is 0. The molecule has 0 aromatic heterocycles. The molecule has 1 radical (unpaired) electrons. The Morgan fingerprint density at radius 2 is 2.07 bits per heavy atom. The molecule has 0 heterocycles. The molecule has 0 amide bonds. The fourth-order valence-electron chi connectivity index (χ4n) is 0.921. The van der Waals surface area contributed by atoms with Gasteiger partial charge in [0.2, 0.25) is 0 Å². The molecule has 2 N–H and O–H groups in total. The zero-order valence-corrected chi connectivity index (χ0v) is 8.11. The monoisotopic (exact) mass is 216 g/mol. The van der Waals surface area contributed by atoms with Crippen molar-refractivity contribution in [3.8, 4) is 0 Å². The van der Waals surface area contributed by atoms with Crippen molar-refractivity contribution in [2.75, 3.05) is 13.2 Å². The molecule has 0 aliphatic heterocycles. The molecular weight excluding hydrogens is 206 g/mol. The van der Waals surface area contributed by atoms with Crippen molar-refractivity contribution in [3.63, 3.8) is 0 Å². The van der Waals surface area contributed by atoms with Gasteiger partial charge in [-0.3, -0.25) is 9.87 Å². The first-order valence-electron chi connectivity index (χ1n) is 3.90. The third-order valence-electron chi connectivity index (χ3n) is 1.51. The van der Waals surface area contributed by atoms with Gasteiger partial charge in [-0.1, -0.05) is 6.07 Å². The van der Waals surface area contributed by atoms with Crippen LogP contribution in [0.2, 0.25) is 0 Å². The quantitative estimate of drug-likeness (QED) is 0.702. The molecule has 0 aliphatic carbocycles. The van der Waals surface area contributed by atoms with E-state index < -0.39 is 10.1 Å². The number of benzene rings is 1. The zero-order chi connectivity index (χ0) is 10.6. The minimum Gasteiger partial charge on any atom is -0.394 e. The van der Waals surface area contributed by atoms with Crippen molar-refractivity contribution in [1.82, 2.24) is 5.32 Å².